The third-order valence-corrected chi connectivity index (χ3v) is 8.23. The predicted octanol–water partition coefficient (Wildman–Crippen LogP) is 2.28. The lowest BCUT2D eigenvalue weighted by molar-refractivity contribution is -0.149. The molecule has 3 aromatic rings. The number of anilines is 1. The lowest BCUT2D eigenvalue weighted by Gasteiger charge is -2.31. The van der Waals surface area contributed by atoms with Gasteiger partial charge in [-0.2, -0.15) is 13.6 Å². The highest BCUT2D eigenvalue weighted by molar-refractivity contribution is 7.99. The van der Waals surface area contributed by atoms with Crippen molar-refractivity contribution in [2.45, 2.75) is 41.5 Å². The normalized spacial score (nSPS) is 27.2. The average molecular weight is 548 g/mol. The Kier molecular flexibility index (Phi) is 7.54. The first-order chi connectivity index (χ1) is 17.8. The lowest BCUT2D eigenvalue weighted by Crippen LogP contribution is -2.42. The number of aromatic nitrogens is 4. The van der Waals surface area contributed by atoms with E-state index < -0.39 is 45.1 Å². The van der Waals surface area contributed by atoms with Crippen LogP contribution in [0.5, 0.6) is 5.75 Å². The maximum absolute atomic E-state index is 11.1. The summed E-state index contributed by atoms with van der Waals surface area (Å²) in [4.78, 5) is 25.2. The van der Waals surface area contributed by atoms with Gasteiger partial charge in [-0.3, -0.25) is 9.36 Å². The van der Waals surface area contributed by atoms with Crippen molar-refractivity contribution in [2.75, 3.05) is 33.4 Å². The van der Waals surface area contributed by atoms with Crippen molar-refractivity contribution in [3.8, 4) is 5.75 Å². The number of methoxy groups -OCH3 is 2. The maximum Gasteiger partial charge on any atom is 0.488 e. The second kappa shape index (κ2) is 10.7. The summed E-state index contributed by atoms with van der Waals surface area (Å²) < 4.78 is 41.2. The SMILES string of the molecule is [B][P+]1(OCOC(C)=O)OC[C@H]2O[C@@H](n3c(Sc4ccc(OC)cc4)nc4c(N)ncnc43)C(OC)[C@@H]2O1. The largest absolute Gasteiger partial charge is 0.497 e. The van der Waals surface area contributed by atoms with E-state index >= 15 is 0 Å². The van der Waals surface area contributed by atoms with Gasteiger partial charge in [-0.05, 0) is 24.3 Å². The van der Waals surface area contributed by atoms with Crippen molar-refractivity contribution < 1.29 is 37.3 Å². The summed E-state index contributed by atoms with van der Waals surface area (Å²) in [6.45, 7) is 0.938. The number of hydrogen-bond acceptors (Lipinski definition) is 13. The van der Waals surface area contributed by atoms with Crippen LogP contribution in [0.25, 0.3) is 11.2 Å². The Morgan fingerprint density at radius 3 is 2.78 bits per heavy atom. The third-order valence-electron chi connectivity index (χ3n) is 5.74. The Morgan fingerprint density at radius 1 is 1.30 bits per heavy atom. The fourth-order valence-corrected chi connectivity index (χ4v) is 6.27. The molecule has 16 heteroatoms. The highest BCUT2D eigenvalue weighted by Crippen LogP contribution is 2.63. The Hall–Kier alpha value is -2.52. The summed E-state index contributed by atoms with van der Waals surface area (Å²) >= 11 is 1.39. The number of fused-ring (bicyclic) bond motifs is 2. The minimum atomic E-state index is -3.30. The zero-order valence-corrected chi connectivity index (χ0v) is 21.9. The molecule has 37 heavy (non-hydrogen) atoms. The minimum Gasteiger partial charge on any atom is -0.497 e. The first-order valence-electron chi connectivity index (χ1n) is 11.1. The quantitative estimate of drug-likeness (QED) is 0.190. The molecule has 2 fully saturated rings. The van der Waals surface area contributed by atoms with Gasteiger partial charge in [0.1, 0.15) is 30.9 Å². The zero-order valence-electron chi connectivity index (χ0n) is 20.2. The van der Waals surface area contributed by atoms with Crippen LogP contribution < -0.4 is 10.5 Å². The van der Waals surface area contributed by atoms with Crippen molar-refractivity contribution in [3.63, 3.8) is 0 Å². The van der Waals surface area contributed by atoms with E-state index in [4.69, 9.17) is 50.8 Å². The van der Waals surface area contributed by atoms with E-state index in [0.29, 0.717) is 16.3 Å². The van der Waals surface area contributed by atoms with Crippen molar-refractivity contribution in [3.05, 3.63) is 30.6 Å². The number of carbonyl (C=O) groups excluding carboxylic acids is 1. The lowest BCUT2D eigenvalue weighted by atomic mass is 10.1. The summed E-state index contributed by atoms with van der Waals surface area (Å²) in [5, 5.41) is 0.555. The topological polar surface area (TPSA) is 151 Å². The molecule has 0 bridgehead atoms. The Balaban J connectivity index is 1.47. The number of nitrogens with zero attached hydrogens (tertiary/aromatic N) is 4. The Labute approximate surface area is 218 Å². The van der Waals surface area contributed by atoms with Crippen LogP contribution in [0.3, 0.4) is 0 Å². The fraction of sp³-hybridized carbons (Fsp3) is 0.429. The molecule has 4 heterocycles. The van der Waals surface area contributed by atoms with Gasteiger partial charge in [0.2, 0.25) is 6.79 Å². The molecule has 2 saturated heterocycles. The molecule has 0 saturated carbocycles. The van der Waals surface area contributed by atoms with Gasteiger partial charge in [0.25, 0.3) is 0 Å². The number of esters is 1. The van der Waals surface area contributed by atoms with Gasteiger partial charge in [0.15, 0.2) is 34.5 Å². The van der Waals surface area contributed by atoms with E-state index in [2.05, 4.69) is 9.97 Å². The van der Waals surface area contributed by atoms with Crippen LogP contribution in [0.1, 0.15) is 13.2 Å². The van der Waals surface area contributed by atoms with E-state index in [1.165, 1.54) is 32.1 Å². The molecular formula is C21H24BN5O8PS+. The number of ether oxygens (including phenoxy) is 4. The fourth-order valence-electron chi connectivity index (χ4n) is 4.01. The van der Waals surface area contributed by atoms with Crippen molar-refractivity contribution in [1.29, 1.82) is 0 Å². The van der Waals surface area contributed by atoms with Gasteiger partial charge < -0.3 is 24.7 Å². The molecule has 2 unspecified atom stereocenters. The standard InChI is InChI=1S/C21H24BN5O8PS/c1-11(28)31-10-33-36(22)32-8-14-16(35-36)17(30-3)20(34-14)27-19-15(18(23)24-9-25-19)26-21(27)37-13-6-4-12(29-2)5-7-13/h4-7,9,14,16-17,20H,8,10H2,1-3H3,(H2,23,24,25)/q+1/t14-,16-,17?,20-,36?/m1/s1. The monoisotopic (exact) mass is 548 g/mol. The molecule has 2 aliphatic heterocycles. The van der Waals surface area contributed by atoms with Gasteiger partial charge in [-0.15, -0.1) is 0 Å². The first-order valence-corrected chi connectivity index (χ1v) is 13.5. The summed E-state index contributed by atoms with van der Waals surface area (Å²) in [7, 11) is 6.07. The molecule has 2 aromatic heterocycles. The molecule has 2 aliphatic rings. The van der Waals surface area contributed by atoms with Gasteiger partial charge in [-0.1, -0.05) is 11.8 Å². The molecule has 1 aromatic carbocycles. The van der Waals surface area contributed by atoms with Crippen LogP contribution in [-0.4, -0.2) is 79.0 Å². The number of rotatable bonds is 8. The number of hydrogen-bond donors (Lipinski definition) is 1. The highest BCUT2D eigenvalue weighted by atomic mass is 32.2. The smallest absolute Gasteiger partial charge is 0.488 e. The van der Waals surface area contributed by atoms with Crippen LogP contribution >= 0.6 is 19.6 Å². The van der Waals surface area contributed by atoms with Gasteiger partial charge in [0.05, 0.1) is 7.11 Å². The van der Waals surface area contributed by atoms with Gasteiger partial charge in [0, 0.05) is 18.9 Å². The molecule has 0 aliphatic carbocycles. The summed E-state index contributed by atoms with van der Waals surface area (Å²) in [5.41, 5.74) is 7.01. The second-order valence-corrected chi connectivity index (χ2v) is 10.9. The molecule has 0 amide bonds. The summed E-state index contributed by atoms with van der Waals surface area (Å²) in [6, 6.07) is 7.53. The van der Waals surface area contributed by atoms with Crippen LogP contribution in [0.4, 0.5) is 5.82 Å². The van der Waals surface area contributed by atoms with E-state index in [0.717, 1.165) is 10.6 Å². The molecule has 2 N–H and O–H groups in total. The third kappa shape index (κ3) is 5.25. The Morgan fingerprint density at radius 2 is 2.08 bits per heavy atom. The number of nitrogen functional groups attached to an aromatic ring is 1. The highest BCUT2D eigenvalue weighted by Gasteiger charge is 2.59. The van der Waals surface area contributed by atoms with Gasteiger partial charge in [-0.25, -0.2) is 15.0 Å². The minimum absolute atomic E-state index is 0.0794. The van der Waals surface area contributed by atoms with E-state index in [-0.39, 0.29) is 12.4 Å². The molecule has 2 radical (unpaired) electrons. The number of carbonyl (C=O) groups is 1. The van der Waals surface area contributed by atoms with Crippen LogP contribution in [-0.2, 0) is 32.6 Å². The van der Waals surface area contributed by atoms with E-state index in [1.54, 1.807) is 11.7 Å². The van der Waals surface area contributed by atoms with Crippen LogP contribution in [0, 0.1) is 0 Å². The predicted molar refractivity (Wildman–Crippen MR) is 133 cm³/mol. The maximum atomic E-state index is 11.1. The molecule has 194 valence electrons. The average Bonchev–Trinajstić information content (AvgIpc) is 3.41. The van der Waals surface area contributed by atoms with Crippen molar-refractivity contribution in [2.24, 2.45) is 0 Å². The number of benzene rings is 1. The van der Waals surface area contributed by atoms with E-state index in [1.807, 2.05) is 24.3 Å². The van der Waals surface area contributed by atoms with Crippen LogP contribution in [0.2, 0.25) is 0 Å². The van der Waals surface area contributed by atoms with Gasteiger partial charge >= 0.3 is 21.4 Å². The molecular weight excluding hydrogens is 524 g/mol. The molecule has 5 rings (SSSR count). The second-order valence-electron chi connectivity index (χ2n) is 8.03. The van der Waals surface area contributed by atoms with Crippen molar-refractivity contribution >= 4 is 50.1 Å². The molecule has 5 atom stereocenters. The first kappa shape index (κ1) is 26.1. The van der Waals surface area contributed by atoms with Crippen molar-refractivity contribution in [1.82, 2.24) is 19.5 Å². The molecule has 13 nitrogen and oxygen atoms in total. The van der Waals surface area contributed by atoms with Crippen LogP contribution in [0.15, 0.2) is 40.6 Å². The number of imidazole rings is 1. The molecule has 0 spiro atoms. The summed E-state index contributed by atoms with van der Waals surface area (Å²) in [6.07, 6.45) is -1.17. The number of nitrogens with two attached hydrogens (primary N) is 1. The van der Waals surface area contributed by atoms with E-state index in [9.17, 15) is 4.79 Å². The Bertz CT molecular complexity index is 1290. The summed E-state index contributed by atoms with van der Waals surface area (Å²) in [5.74, 6) is 0.447. The zero-order chi connectivity index (χ0) is 26.2.